The number of aromatic nitrogens is 2. The molecule has 2 unspecified atom stereocenters. The van der Waals surface area contributed by atoms with Gasteiger partial charge < -0.3 is 5.11 Å². The zero-order valence-corrected chi connectivity index (χ0v) is 13.5. The maximum absolute atomic E-state index is 12.8. The fraction of sp³-hybridized carbons (Fsp3) is 0.692. The first kappa shape index (κ1) is 16.0. The Morgan fingerprint density at radius 2 is 1.95 bits per heavy atom. The van der Waals surface area contributed by atoms with E-state index in [-0.39, 0.29) is 17.4 Å². The van der Waals surface area contributed by atoms with E-state index in [9.17, 15) is 18.3 Å². The van der Waals surface area contributed by atoms with E-state index in [1.807, 2.05) is 6.92 Å². The van der Waals surface area contributed by atoms with Crippen molar-refractivity contribution >= 4 is 16.0 Å². The number of sulfonamides is 1. The average molecular weight is 315 g/mol. The molecule has 0 bridgehead atoms. The van der Waals surface area contributed by atoms with Gasteiger partial charge in [-0.25, -0.2) is 8.42 Å². The van der Waals surface area contributed by atoms with E-state index in [2.05, 4.69) is 5.10 Å². The van der Waals surface area contributed by atoms with Gasteiger partial charge in [-0.2, -0.15) is 9.40 Å². The van der Waals surface area contributed by atoms with Crippen molar-refractivity contribution in [2.24, 2.45) is 18.9 Å². The minimum atomic E-state index is -3.72. The largest absolute Gasteiger partial charge is 0.481 e. The second-order valence-electron chi connectivity index (χ2n) is 5.82. The first-order chi connectivity index (χ1) is 9.64. The monoisotopic (exact) mass is 315 g/mol. The van der Waals surface area contributed by atoms with E-state index in [0.29, 0.717) is 24.4 Å². The number of carboxylic acid groups (broad SMARTS) is 1. The van der Waals surface area contributed by atoms with Crippen LogP contribution in [0.15, 0.2) is 4.90 Å². The van der Waals surface area contributed by atoms with E-state index in [4.69, 9.17) is 0 Å². The maximum atomic E-state index is 12.8. The van der Waals surface area contributed by atoms with Crippen molar-refractivity contribution in [3.8, 4) is 0 Å². The SMILES string of the molecule is Cc1nn(C)c(C)c1S(=O)(=O)N1CC(C)CC(C(=O)O)C1. The van der Waals surface area contributed by atoms with Crippen molar-refractivity contribution in [1.82, 2.24) is 14.1 Å². The van der Waals surface area contributed by atoms with Crippen LogP contribution >= 0.6 is 0 Å². The van der Waals surface area contributed by atoms with Gasteiger partial charge in [0.1, 0.15) is 4.90 Å². The topological polar surface area (TPSA) is 92.5 Å². The number of aliphatic carboxylic acids is 1. The van der Waals surface area contributed by atoms with Crippen LogP contribution in [0.2, 0.25) is 0 Å². The van der Waals surface area contributed by atoms with Gasteiger partial charge in [0.2, 0.25) is 10.0 Å². The Bertz CT molecular complexity index is 665. The van der Waals surface area contributed by atoms with E-state index < -0.39 is 21.9 Å². The molecule has 8 heteroatoms. The Hall–Kier alpha value is -1.41. The summed E-state index contributed by atoms with van der Waals surface area (Å²) in [7, 11) is -2.02. The van der Waals surface area contributed by atoms with Crippen LogP contribution in [0.25, 0.3) is 0 Å². The highest BCUT2D eigenvalue weighted by atomic mass is 32.2. The number of rotatable bonds is 3. The van der Waals surface area contributed by atoms with Crippen LogP contribution in [-0.4, -0.2) is 46.7 Å². The summed E-state index contributed by atoms with van der Waals surface area (Å²) < 4.78 is 28.5. The molecule has 1 aliphatic rings. The van der Waals surface area contributed by atoms with Crippen LogP contribution < -0.4 is 0 Å². The van der Waals surface area contributed by atoms with E-state index in [1.165, 1.54) is 8.99 Å². The van der Waals surface area contributed by atoms with Gasteiger partial charge in [-0.15, -0.1) is 0 Å². The molecule has 0 aromatic carbocycles. The number of aryl methyl sites for hydroxylation is 2. The zero-order valence-electron chi connectivity index (χ0n) is 12.7. The molecule has 2 heterocycles. The third kappa shape index (κ3) is 2.82. The molecule has 1 saturated heterocycles. The van der Waals surface area contributed by atoms with Gasteiger partial charge in [0.15, 0.2) is 0 Å². The Balaban J connectivity index is 2.41. The fourth-order valence-electron chi connectivity index (χ4n) is 2.93. The quantitative estimate of drug-likeness (QED) is 0.889. The minimum Gasteiger partial charge on any atom is -0.481 e. The number of piperidine rings is 1. The van der Waals surface area contributed by atoms with Gasteiger partial charge in [-0.1, -0.05) is 6.92 Å². The third-order valence-electron chi connectivity index (χ3n) is 4.02. The Morgan fingerprint density at radius 1 is 1.33 bits per heavy atom. The first-order valence-corrected chi connectivity index (χ1v) is 8.31. The Labute approximate surface area is 124 Å². The smallest absolute Gasteiger partial charge is 0.307 e. The van der Waals surface area contributed by atoms with Gasteiger partial charge >= 0.3 is 5.97 Å². The van der Waals surface area contributed by atoms with Crippen molar-refractivity contribution < 1.29 is 18.3 Å². The predicted octanol–water partition coefficient (Wildman–Crippen LogP) is 0.768. The summed E-state index contributed by atoms with van der Waals surface area (Å²) in [5.41, 5.74) is 1.01. The molecule has 1 N–H and O–H groups in total. The van der Waals surface area contributed by atoms with Crippen molar-refractivity contribution in [3.63, 3.8) is 0 Å². The number of nitrogens with zero attached hydrogens (tertiary/aromatic N) is 3. The zero-order chi connectivity index (χ0) is 15.9. The molecule has 2 rings (SSSR count). The molecule has 0 spiro atoms. The molecule has 7 nitrogen and oxygen atoms in total. The number of carboxylic acids is 1. The number of hydrogen-bond donors (Lipinski definition) is 1. The van der Waals surface area contributed by atoms with Crippen molar-refractivity contribution in [1.29, 1.82) is 0 Å². The van der Waals surface area contributed by atoms with Gasteiger partial charge in [0.05, 0.1) is 17.3 Å². The molecule has 0 aliphatic carbocycles. The molecular weight excluding hydrogens is 294 g/mol. The standard InChI is InChI=1S/C13H21N3O4S/c1-8-5-11(13(17)18)7-16(6-8)21(19,20)12-9(2)14-15(4)10(12)3/h8,11H,5-7H2,1-4H3,(H,17,18). The summed E-state index contributed by atoms with van der Waals surface area (Å²) in [5, 5.41) is 13.3. The molecule has 1 aromatic heterocycles. The van der Waals surface area contributed by atoms with Crippen LogP contribution in [0.3, 0.4) is 0 Å². The van der Waals surface area contributed by atoms with Crippen molar-refractivity contribution in [2.75, 3.05) is 13.1 Å². The lowest BCUT2D eigenvalue weighted by Gasteiger charge is -2.33. The summed E-state index contributed by atoms with van der Waals surface area (Å²) in [6.45, 7) is 5.60. The van der Waals surface area contributed by atoms with E-state index in [0.717, 1.165) is 0 Å². The fourth-order valence-corrected chi connectivity index (χ4v) is 4.94. The van der Waals surface area contributed by atoms with Crippen LogP contribution in [0.5, 0.6) is 0 Å². The highest BCUT2D eigenvalue weighted by Gasteiger charge is 2.38. The predicted molar refractivity (Wildman–Crippen MR) is 76.3 cm³/mol. The van der Waals surface area contributed by atoms with Gasteiger partial charge in [-0.3, -0.25) is 9.48 Å². The lowest BCUT2D eigenvalue weighted by atomic mass is 9.92. The highest BCUT2D eigenvalue weighted by Crippen LogP contribution is 2.29. The second-order valence-corrected chi connectivity index (χ2v) is 7.70. The lowest BCUT2D eigenvalue weighted by Crippen LogP contribution is -2.45. The molecule has 0 amide bonds. The summed E-state index contributed by atoms with van der Waals surface area (Å²) in [6, 6.07) is 0. The summed E-state index contributed by atoms with van der Waals surface area (Å²) >= 11 is 0. The summed E-state index contributed by atoms with van der Waals surface area (Å²) in [6.07, 6.45) is 0.506. The normalized spacial score (nSPS) is 24.2. The molecule has 1 aliphatic heterocycles. The van der Waals surface area contributed by atoms with E-state index in [1.54, 1.807) is 20.9 Å². The molecular formula is C13H21N3O4S. The van der Waals surface area contributed by atoms with E-state index >= 15 is 0 Å². The number of hydrogen-bond acceptors (Lipinski definition) is 4. The third-order valence-corrected chi connectivity index (χ3v) is 6.10. The van der Waals surface area contributed by atoms with Crippen molar-refractivity contribution in [2.45, 2.75) is 32.1 Å². The molecule has 1 aromatic rings. The molecule has 1 fully saturated rings. The molecule has 21 heavy (non-hydrogen) atoms. The highest BCUT2D eigenvalue weighted by molar-refractivity contribution is 7.89. The first-order valence-electron chi connectivity index (χ1n) is 6.87. The maximum Gasteiger partial charge on any atom is 0.307 e. The van der Waals surface area contributed by atoms with Crippen LogP contribution in [0, 0.1) is 25.7 Å². The lowest BCUT2D eigenvalue weighted by molar-refractivity contribution is -0.143. The number of carbonyl (C=O) groups is 1. The summed E-state index contributed by atoms with van der Waals surface area (Å²) in [5.74, 6) is -1.57. The molecule has 0 saturated carbocycles. The van der Waals surface area contributed by atoms with Gasteiger partial charge in [-0.05, 0) is 26.2 Å². The Morgan fingerprint density at radius 3 is 2.43 bits per heavy atom. The minimum absolute atomic E-state index is 0.0203. The van der Waals surface area contributed by atoms with Crippen LogP contribution in [-0.2, 0) is 21.9 Å². The average Bonchev–Trinajstić information content (AvgIpc) is 2.62. The molecule has 0 radical (unpaired) electrons. The second kappa shape index (κ2) is 5.42. The Kier molecular flexibility index (Phi) is 4.12. The van der Waals surface area contributed by atoms with Crippen LogP contribution in [0.1, 0.15) is 24.7 Å². The van der Waals surface area contributed by atoms with Crippen molar-refractivity contribution in [3.05, 3.63) is 11.4 Å². The molecule has 118 valence electrons. The van der Waals surface area contributed by atoms with Crippen LogP contribution in [0.4, 0.5) is 0 Å². The summed E-state index contributed by atoms with van der Waals surface area (Å²) in [4.78, 5) is 11.4. The van der Waals surface area contributed by atoms with Gasteiger partial charge in [0, 0.05) is 20.1 Å². The molecule has 2 atom stereocenters. The van der Waals surface area contributed by atoms with Gasteiger partial charge in [0.25, 0.3) is 0 Å².